The van der Waals surface area contributed by atoms with Crippen LogP contribution in [0.5, 0.6) is 0 Å². The number of aromatic nitrogens is 1. The Morgan fingerprint density at radius 3 is 2.02 bits per heavy atom. The third-order valence-corrected chi connectivity index (χ3v) is 9.45. The van der Waals surface area contributed by atoms with E-state index in [9.17, 15) is 5.26 Å². The maximum Gasteiger partial charge on any atom is 0.159 e. The molecule has 3 heterocycles. The van der Waals surface area contributed by atoms with Crippen LogP contribution in [0, 0.1) is 11.3 Å². The van der Waals surface area contributed by atoms with E-state index in [1.807, 2.05) is 6.07 Å². The molecule has 3 nitrogen and oxygen atoms in total. The summed E-state index contributed by atoms with van der Waals surface area (Å²) < 4.78 is 11.4. The van der Waals surface area contributed by atoms with E-state index < -0.39 is 0 Å². The molecule has 0 atom stereocenters. The number of nitriles is 1. The normalized spacial score (nSPS) is 11.9. The summed E-state index contributed by atoms with van der Waals surface area (Å²) in [5, 5.41) is 17.1. The molecule has 41 heavy (non-hydrogen) atoms. The van der Waals surface area contributed by atoms with Crippen LogP contribution in [-0.4, -0.2) is 4.57 Å². The molecule has 0 aliphatic carbocycles. The second-order valence-electron chi connectivity index (χ2n) is 10.4. The fourth-order valence-electron chi connectivity index (χ4n) is 6.46. The molecule has 0 aliphatic heterocycles. The van der Waals surface area contributed by atoms with Crippen molar-refractivity contribution < 1.29 is 4.42 Å². The summed E-state index contributed by atoms with van der Waals surface area (Å²) in [6.07, 6.45) is 0. The molecule has 0 spiro atoms. The molecule has 0 aliphatic rings. The summed E-state index contributed by atoms with van der Waals surface area (Å²) in [7, 11) is 0. The standard InChI is InChI=1S/C37H20N2OS/c38-21-23-19-22(24-12-7-14-29-27-11-3-6-18-34(27)41-37(24)29)20-30-28-13-8-17-33(36(28)40-35(23)30)39-31-15-4-1-9-25(31)26-10-2-5-16-32(26)39/h1-20H. The average molecular weight is 541 g/mol. The lowest BCUT2D eigenvalue weighted by molar-refractivity contribution is 0.665. The minimum atomic E-state index is 0.542. The first kappa shape index (κ1) is 22.4. The van der Waals surface area contributed by atoms with Crippen molar-refractivity contribution in [1.82, 2.24) is 4.57 Å². The predicted octanol–water partition coefficient (Wildman–Crippen LogP) is 10.6. The van der Waals surface area contributed by atoms with Gasteiger partial charge in [-0.2, -0.15) is 5.26 Å². The molecule has 4 heteroatoms. The fourth-order valence-corrected chi connectivity index (χ4v) is 7.69. The van der Waals surface area contributed by atoms with Crippen LogP contribution in [-0.2, 0) is 0 Å². The Balaban J connectivity index is 1.35. The van der Waals surface area contributed by atoms with E-state index in [0.29, 0.717) is 11.1 Å². The van der Waals surface area contributed by atoms with E-state index in [1.54, 1.807) is 11.3 Å². The summed E-state index contributed by atoms with van der Waals surface area (Å²) in [6.45, 7) is 0. The zero-order valence-electron chi connectivity index (χ0n) is 21.8. The molecule has 3 aromatic heterocycles. The number of benzene rings is 6. The van der Waals surface area contributed by atoms with E-state index in [2.05, 4.69) is 126 Å². The fraction of sp³-hybridized carbons (Fsp3) is 0. The number of thiophene rings is 1. The Kier molecular flexibility index (Phi) is 4.55. The van der Waals surface area contributed by atoms with Crippen LogP contribution in [0.3, 0.4) is 0 Å². The van der Waals surface area contributed by atoms with Crippen molar-refractivity contribution >= 4 is 75.3 Å². The molecular formula is C37H20N2OS. The smallest absolute Gasteiger partial charge is 0.159 e. The highest BCUT2D eigenvalue weighted by Gasteiger charge is 2.20. The zero-order valence-corrected chi connectivity index (χ0v) is 22.6. The van der Waals surface area contributed by atoms with Crippen LogP contribution in [0.4, 0.5) is 0 Å². The second-order valence-corrected chi connectivity index (χ2v) is 11.5. The quantitative estimate of drug-likeness (QED) is 0.219. The minimum absolute atomic E-state index is 0.542. The monoisotopic (exact) mass is 540 g/mol. The van der Waals surface area contributed by atoms with E-state index in [1.165, 1.54) is 30.9 Å². The van der Waals surface area contributed by atoms with Gasteiger partial charge in [0.05, 0.1) is 22.3 Å². The molecule has 0 bridgehead atoms. The van der Waals surface area contributed by atoms with Crippen LogP contribution in [0.2, 0.25) is 0 Å². The number of rotatable bonds is 2. The Morgan fingerprint density at radius 1 is 0.585 bits per heavy atom. The lowest BCUT2D eigenvalue weighted by Crippen LogP contribution is -1.93. The van der Waals surface area contributed by atoms with E-state index in [-0.39, 0.29) is 0 Å². The first-order valence-corrected chi connectivity index (χ1v) is 14.4. The molecule has 0 N–H and O–H groups in total. The van der Waals surface area contributed by atoms with Gasteiger partial charge in [-0.25, -0.2) is 0 Å². The maximum atomic E-state index is 10.3. The van der Waals surface area contributed by atoms with Crippen molar-refractivity contribution in [3.8, 4) is 22.9 Å². The van der Waals surface area contributed by atoms with Crippen LogP contribution in [0.1, 0.15) is 5.56 Å². The summed E-state index contributed by atoms with van der Waals surface area (Å²) in [5.74, 6) is 0. The van der Waals surface area contributed by atoms with Crippen LogP contribution < -0.4 is 0 Å². The number of fused-ring (bicyclic) bond motifs is 9. The van der Waals surface area contributed by atoms with Crippen molar-refractivity contribution in [1.29, 1.82) is 5.26 Å². The number of hydrogen-bond acceptors (Lipinski definition) is 3. The molecule has 9 aromatic rings. The molecule has 9 rings (SSSR count). The van der Waals surface area contributed by atoms with Gasteiger partial charge in [0.2, 0.25) is 0 Å². The van der Waals surface area contributed by atoms with Gasteiger partial charge in [-0.3, -0.25) is 0 Å². The van der Waals surface area contributed by atoms with Gasteiger partial charge in [0, 0.05) is 41.7 Å². The van der Waals surface area contributed by atoms with E-state index >= 15 is 0 Å². The SMILES string of the molecule is N#Cc1cc(-c2cccc3c2sc2ccccc23)cc2c1oc1c(-n3c4ccccc4c4ccccc43)cccc12. The molecule has 190 valence electrons. The van der Waals surface area contributed by atoms with Crippen molar-refractivity contribution in [2.24, 2.45) is 0 Å². The predicted molar refractivity (Wildman–Crippen MR) is 171 cm³/mol. The largest absolute Gasteiger partial charge is 0.452 e. The van der Waals surface area contributed by atoms with Crippen LogP contribution >= 0.6 is 11.3 Å². The summed E-state index contributed by atoms with van der Waals surface area (Å²) in [5.41, 5.74) is 7.32. The molecule has 0 radical (unpaired) electrons. The van der Waals surface area contributed by atoms with Gasteiger partial charge in [-0.15, -0.1) is 11.3 Å². The Labute approximate surface area is 238 Å². The summed E-state index contributed by atoms with van der Waals surface area (Å²) >= 11 is 1.80. The Bertz CT molecular complexity index is 2500. The minimum Gasteiger partial charge on any atom is -0.452 e. The summed E-state index contributed by atoms with van der Waals surface area (Å²) in [4.78, 5) is 0. The molecular weight excluding hydrogens is 520 g/mol. The van der Waals surface area contributed by atoms with Crippen molar-refractivity contribution in [2.45, 2.75) is 0 Å². The average Bonchev–Trinajstić information content (AvgIpc) is 3.70. The lowest BCUT2D eigenvalue weighted by Gasteiger charge is -2.08. The van der Waals surface area contributed by atoms with Crippen LogP contribution in [0.15, 0.2) is 126 Å². The highest BCUT2D eigenvalue weighted by Crippen LogP contribution is 2.43. The lowest BCUT2D eigenvalue weighted by atomic mass is 9.98. The molecule has 0 saturated heterocycles. The second kappa shape index (κ2) is 8.32. The highest BCUT2D eigenvalue weighted by molar-refractivity contribution is 7.26. The van der Waals surface area contributed by atoms with Crippen molar-refractivity contribution in [3.63, 3.8) is 0 Å². The third-order valence-electron chi connectivity index (χ3n) is 8.23. The van der Waals surface area contributed by atoms with Gasteiger partial charge in [-0.05, 0) is 47.5 Å². The van der Waals surface area contributed by atoms with Crippen molar-refractivity contribution in [3.05, 3.63) is 127 Å². The number of nitrogens with zero attached hydrogens (tertiary/aromatic N) is 2. The van der Waals surface area contributed by atoms with Gasteiger partial charge >= 0.3 is 0 Å². The Hall–Kier alpha value is -5.37. The number of para-hydroxylation sites is 3. The zero-order chi connectivity index (χ0) is 27.1. The molecule has 0 fully saturated rings. The molecule has 0 unspecified atom stereocenters. The molecule has 0 amide bonds. The van der Waals surface area contributed by atoms with E-state index in [0.717, 1.165) is 44.2 Å². The number of hydrogen-bond donors (Lipinski definition) is 0. The van der Waals surface area contributed by atoms with Gasteiger partial charge in [0.25, 0.3) is 0 Å². The molecule has 0 saturated carbocycles. The highest BCUT2D eigenvalue weighted by atomic mass is 32.1. The van der Waals surface area contributed by atoms with E-state index in [4.69, 9.17) is 4.42 Å². The van der Waals surface area contributed by atoms with Gasteiger partial charge in [0.1, 0.15) is 6.07 Å². The first-order valence-electron chi connectivity index (χ1n) is 13.6. The number of furan rings is 1. The Morgan fingerprint density at radius 2 is 1.24 bits per heavy atom. The van der Waals surface area contributed by atoms with Gasteiger partial charge < -0.3 is 8.98 Å². The van der Waals surface area contributed by atoms with Gasteiger partial charge in [-0.1, -0.05) is 84.9 Å². The topological polar surface area (TPSA) is 41.9 Å². The van der Waals surface area contributed by atoms with Crippen molar-refractivity contribution in [2.75, 3.05) is 0 Å². The van der Waals surface area contributed by atoms with Gasteiger partial charge in [0.15, 0.2) is 11.2 Å². The first-order chi connectivity index (χ1) is 20.3. The molecule has 6 aromatic carbocycles. The maximum absolute atomic E-state index is 10.3. The third kappa shape index (κ3) is 3.07. The summed E-state index contributed by atoms with van der Waals surface area (Å²) in [6, 6.07) is 44.8. The van der Waals surface area contributed by atoms with Crippen LogP contribution in [0.25, 0.3) is 80.7 Å².